The molecule has 21 heavy (non-hydrogen) atoms. The van der Waals surface area contributed by atoms with E-state index < -0.39 is 0 Å². The second kappa shape index (κ2) is 6.26. The Morgan fingerprint density at radius 3 is 2.86 bits per heavy atom. The average molecular weight is 286 g/mol. The van der Waals surface area contributed by atoms with E-state index >= 15 is 0 Å². The lowest BCUT2D eigenvalue weighted by molar-refractivity contribution is -0.132. The summed E-state index contributed by atoms with van der Waals surface area (Å²) in [6.45, 7) is 2.44. The van der Waals surface area contributed by atoms with Crippen LogP contribution >= 0.6 is 0 Å². The highest BCUT2D eigenvalue weighted by Crippen LogP contribution is 2.14. The summed E-state index contributed by atoms with van der Waals surface area (Å²) in [5.41, 5.74) is 2.08. The number of imidazole rings is 1. The van der Waals surface area contributed by atoms with Crippen LogP contribution in [0.25, 0.3) is 11.0 Å². The summed E-state index contributed by atoms with van der Waals surface area (Å²) in [4.78, 5) is 18.6. The number of carbonyl (C=O) groups excluding carboxylic acids is 1. The van der Waals surface area contributed by atoms with Gasteiger partial charge in [0.2, 0.25) is 5.91 Å². The number of rotatable bonds is 4. The zero-order valence-electron chi connectivity index (χ0n) is 12.5. The van der Waals surface area contributed by atoms with Gasteiger partial charge in [0.25, 0.3) is 0 Å². The predicted molar refractivity (Wildman–Crippen MR) is 83.0 cm³/mol. The fourth-order valence-corrected chi connectivity index (χ4v) is 2.98. The number of nitrogens with one attached hydrogen (secondary N) is 1. The maximum Gasteiger partial charge on any atom is 0.224 e. The van der Waals surface area contributed by atoms with Crippen LogP contribution in [-0.4, -0.2) is 46.5 Å². The number of carbonyl (C=O) groups is 1. The lowest BCUT2D eigenvalue weighted by atomic mass is 10.1. The van der Waals surface area contributed by atoms with Gasteiger partial charge in [-0.15, -0.1) is 0 Å². The third-order valence-corrected chi connectivity index (χ3v) is 4.35. The smallest absolute Gasteiger partial charge is 0.224 e. The Morgan fingerprint density at radius 1 is 1.33 bits per heavy atom. The summed E-state index contributed by atoms with van der Waals surface area (Å²) in [6, 6.07) is 8.59. The van der Waals surface area contributed by atoms with E-state index in [1.54, 1.807) is 0 Å². The molecule has 0 atom stereocenters. The minimum Gasteiger partial charge on any atom is -0.343 e. The Bertz CT molecular complexity index is 614. The van der Waals surface area contributed by atoms with Crippen molar-refractivity contribution in [1.29, 1.82) is 0 Å². The van der Waals surface area contributed by atoms with Crippen LogP contribution in [0.5, 0.6) is 0 Å². The molecule has 112 valence electrons. The molecule has 1 amide bonds. The molecular weight excluding hydrogens is 264 g/mol. The standard InChI is InChI=1S/C16H22N4O/c1-17-13-6-9-19(10-7-13)16(21)8-11-20-12-18-14-4-2-3-5-15(14)20/h2-5,12-13,17H,6-11H2,1H3. The van der Waals surface area contributed by atoms with Gasteiger partial charge >= 0.3 is 0 Å². The average Bonchev–Trinajstić information content (AvgIpc) is 2.96. The molecule has 1 aliphatic rings. The molecule has 3 rings (SSSR count). The number of nitrogens with zero attached hydrogens (tertiary/aromatic N) is 3. The van der Waals surface area contributed by atoms with Crippen LogP contribution in [0.3, 0.4) is 0 Å². The van der Waals surface area contributed by atoms with Crippen molar-refractivity contribution in [2.24, 2.45) is 0 Å². The van der Waals surface area contributed by atoms with Gasteiger partial charge in [-0.1, -0.05) is 12.1 Å². The zero-order chi connectivity index (χ0) is 14.7. The summed E-state index contributed by atoms with van der Waals surface area (Å²) in [5.74, 6) is 0.252. The van der Waals surface area contributed by atoms with Gasteiger partial charge in [-0.05, 0) is 32.0 Å². The normalized spacial score (nSPS) is 16.5. The number of fused-ring (bicyclic) bond motifs is 1. The topological polar surface area (TPSA) is 50.2 Å². The van der Waals surface area contributed by atoms with Crippen LogP contribution in [0.2, 0.25) is 0 Å². The summed E-state index contributed by atoms with van der Waals surface area (Å²) < 4.78 is 2.06. The molecule has 0 bridgehead atoms. The second-order valence-corrected chi connectivity index (χ2v) is 5.62. The van der Waals surface area contributed by atoms with Gasteiger partial charge < -0.3 is 14.8 Å². The first-order valence-electron chi connectivity index (χ1n) is 7.63. The van der Waals surface area contributed by atoms with E-state index in [0.29, 0.717) is 19.0 Å². The van der Waals surface area contributed by atoms with Crippen LogP contribution in [0.1, 0.15) is 19.3 Å². The van der Waals surface area contributed by atoms with E-state index in [0.717, 1.165) is 37.0 Å². The Kier molecular flexibility index (Phi) is 4.20. The molecule has 5 heteroatoms. The highest BCUT2D eigenvalue weighted by Gasteiger charge is 2.21. The summed E-state index contributed by atoms with van der Waals surface area (Å²) >= 11 is 0. The number of hydrogen-bond acceptors (Lipinski definition) is 3. The lowest BCUT2D eigenvalue weighted by Crippen LogP contribution is -2.44. The second-order valence-electron chi connectivity index (χ2n) is 5.62. The molecule has 0 saturated carbocycles. The molecule has 0 unspecified atom stereocenters. The first-order chi connectivity index (χ1) is 10.3. The van der Waals surface area contributed by atoms with E-state index in [2.05, 4.69) is 14.9 Å². The zero-order valence-corrected chi connectivity index (χ0v) is 12.5. The third kappa shape index (κ3) is 3.08. The first kappa shape index (κ1) is 14.1. The van der Waals surface area contributed by atoms with E-state index in [-0.39, 0.29) is 5.91 Å². The molecule has 1 N–H and O–H groups in total. The first-order valence-corrected chi connectivity index (χ1v) is 7.63. The quantitative estimate of drug-likeness (QED) is 0.929. The van der Waals surface area contributed by atoms with Crippen LogP contribution in [0.15, 0.2) is 30.6 Å². The van der Waals surface area contributed by atoms with Gasteiger partial charge in [0.15, 0.2) is 0 Å². The number of amides is 1. The maximum atomic E-state index is 12.3. The van der Waals surface area contributed by atoms with E-state index in [1.807, 2.05) is 42.5 Å². The molecule has 5 nitrogen and oxygen atoms in total. The van der Waals surface area contributed by atoms with Crippen LogP contribution in [0.4, 0.5) is 0 Å². The third-order valence-electron chi connectivity index (χ3n) is 4.35. The number of benzene rings is 1. The molecule has 0 aliphatic carbocycles. The number of para-hydroxylation sites is 2. The number of likely N-dealkylation sites (tertiary alicyclic amines) is 1. The van der Waals surface area contributed by atoms with Crippen molar-refractivity contribution in [3.8, 4) is 0 Å². The van der Waals surface area contributed by atoms with Crippen molar-refractivity contribution < 1.29 is 4.79 Å². The minimum absolute atomic E-state index is 0.252. The summed E-state index contributed by atoms with van der Waals surface area (Å²) in [6.07, 6.45) is 4.47. The molecule has 1 aromatic carbocycles. The van der Waals surface area contributed by atoms with Crippen molar-refractivity contribution >= 4 is 16.9 Å². The van der Waals surface area contributed by atoms with Crippen molar-refractivity contribution in [1.82, 2.24) is 19.8 Å². The highest BCUT2D eigenvalue weighted by atomic mass is 16.2. The molecule has 2 aromatic rings. The molecule has 1 aromatic heterocycles. The minimum atomic E-state index is 0.252. The maximum absolute atomic E-state index is 12.3. The van der Waals surface area contributed by atoms with Crippen molar-refractivity contribution in [3.63, 3.8) is 0 Å². The van der Waals surface area contributed by atoms with Gasteiger partial charge in [-0.2, -0.15) is 0 Å². The van der Waals surface area contributed by atoms with Crippen molar-refractivity contribution in [3.05, 3.63) is 30.6 Å². The largest absolute Gasteiger partial charge is 0.343 e. The van der Waals surface area contributed by atoms with Crippen molar-refractivity contribution in [2.45, 2.75) is 31.8 Å². The van der Waals surface area contributed by atoms with Gasteiger partial charge in [0, 0.05) is 32.1 Å². The molecule has 1 fully saturated rings. The number of hydrogen-bond donors (Lipinski definition) is 1. The van der Waals surface area contributed by atoms with Gasteiger partial charge in [0.05, 0.1) is 17.4 Å². The molecule has 1 aliphatic heterocycles. The van der Waals surface area contributed by atoms with E-state index in [1.165, 1.54) is 0 Å². The number of aromatic nitrogens is 2. The molecule has 2 heterocycles. The molecular formula is C16H22N4O. The van der Waals surface area contributed by atoms with Crippen LogP contribution in [-0.2, 0) is 11.3 Å². The Hall–Kier alpha value is -1.88. The van der Waals surface area contributed by atoms with Crippen LogP contribution < -0.4 is 5.32 Å². The predicted octanol–water partition coefficient (Wildman–Crippen LogP) is 1.64. The van der Waals surface area contributed by atoms with Gasteiger partial charge in [0.1, 0.15) is 0 Å². The fraction of sp³-hybridized carbons (Fsp3) is 0.500. The fourth-order valence-electron chi connectivity index (χ4n) is 2.98. The lowest BCUT2D eigenvalue weighted by Gasteiger charge is -2.31. The SMILES string of the molecule is CNC1CCN(C(=O)CCn2cnc3ccccc32)CC1. The van der Waals surface area contributed by atoms with Crippen molar-refractivity contribution in [2.75, 3.05) is 20.1 Å². The van der Waals surface area contributed by atoms with E-state index in [4.69, 9.17) is 0 Å². The monoisotopic (exact) mass is 286 g/mol. The number of aryl methyl sites for hydroxylation is 1. The molecule has 0 radical (unpaired) electrons. The summed E-state index contributed by atoms with van der Waals surface area (Å²) in [5, 5.41) is 3.29. The Labute approximate surface area is 125 Å². The van der Waals surface area contributed by atoms with E-state index in [9.17, 15) is 4.79 Å². The van der Waals surface area contributed by atoms with Crippen LogP contribution in [0, 0.1) is 0 Å². The number of piperidine rings is 1. The molecule has 0 spiro atoms. The Balaban J connectivity index is 1.56. The Morgan fingerprint density at radius 2 is 2.10 bits per heavy atom. The highest BCUT2D eigenvalue weighted by molar-refractivity contribution is 5.77. The summed E-state index contributed by atoms with van der Waals surface area (Å²) in [7, 11) is 1.99. The van der Waals surface area contributed by atoms with Gasteiger partial charge in [-0.25, -0.2) is 4.98 Å². The molecule has 1 saturated heterocycles. The van der Waals surface area contributed by atoms with Gasteiger partial charge in [-0.3, -0.25) is 4.79 Å².